The monoisotopic (exact) mass is 279 g/mol. The fraction of sp³-hybridized carbons (Fsp3) is 0.947. The van der Waals surface area contributed by atoms with E-state index in [4.69, 9.17) is 5.26 Å². The lowest BCUT2D eigenvalue weighted by molar-refractivity contribution is 0.491. The van der Waals surface area contributed by atoms with Gasteiger partial charge in [0.25, 0.3) is 0 Å². The van der Waals surface area contributed by atoms with Crippen molar-refractivity contribution in [2.45, 2.75) is 110 Å². The van der Waals surface area contributed by atoms with Crippen molar-refractivity contribution >= 4 is 0 Å². The van der Waals surface area contributed by atoms with Crippen LogP contribution in [0, 0.1) is 17.2 Å². The number of hydrogen-bond acceptors (Lipinski definition) is 1. The molecule has 0 aromatic rings. The Bertz CT molecular complexity index is 216. The minimum atomic E-state index is 0.322. The second-order valence-corrected chi connectivity index (χ2v) is 6.29. The molecule has 0 saturated carbocycles. The average Bonchev–Trinajstić information content (AvgIpc) is 2.47. The number of nitriles is 1. The predicted octanol–water partition coefficient (Wildman–Crippen LogP) is 7.02. The minimum absolute atomic E-state index is 0.322. The molecule has 20 heavy (non-hydrogen) atoms. The molecule has 0 spiro atoms. The van der Waals surface area contributed by atoms with Crippen LogP contribution in [-0.2, 0) is 0 Å². The lowest BCUT2D eigenvalue weighted by Crippen LogP contribution is -1.96. The third kappa shape index (κ3) is 13.9. The van der Waals surface area contributed by atoms with Crippen molar-refractivity contribution in [1.29, 1.82) is 5.26 Å². The quantitative estimate of drug-likeness (QED) is 0.295. The summed E-state index contributed by atoms with van der Waals surface area (Å²) in [7, 11) is 0. The van der Waals surface area contributed by atoms with E-state index in [1.807, 2.05) is 0 Å². The fourth-order valence-electron chi connectivity index (χ4n) is 2.85. The molecule has 0 N–H and O–H groups in total. The number of hydrogen-bond donors (Lipinski definition) is 0. The van der Waals surface area contributed by atoms with E-state index in [-0.39, 0.29) is 0 Å². The molecule has 0 aliphatic rings. The summed E-state index contributed by atoms with van der Waals surface area (Å²) in [6.45, 7) is 4.45. The lowest BCUT2D eigenvalue weighted by atomic mass is 9.97. The molecule has 1 unspecified atom stereocenters. The number of unbranched alkanes of at least 4 members (excludes halogenated alkanes) is 11. The van der Waals surface area contributed by atoms with Gasteiger partial charge in [-0.15, -0.1) is 0 Å². The molecule has 0 fully saturated rings. The molecule has 0 aliphatic carbocycles. The highest BCUT2D eigenvalue weighted by Gasteiger charge is 2.04. The summed E-state index contributed by atoms with van der Waals surface area (Å²) in [6.07, 6.45) is 20.1. The van der Waals surface area contributed by atoms with Gasteiger partial charge in [0.15, 0.2) is 0 Å². The molecule has 1 nitrogen and oxygen atoms in total. The van der Waals surface area contributed by atoms with E-state index in [1.165, 1.54) is 77.0 Å². The van der Waals surface area contributed by atoms with Crippen LogP contribution in [0.3, 0.4) is 0 Å². The smallest absolute Gasteiger partial charge is 0.0655 e. The molecule has 0 aromatic heterocycles. The summed E-state index contributed by atoms with van der Waals surface area (Å²) < 4.78 is 0. The first-order chi connectivity index (χ1) is 9.85. The zero-order valence-corrected chi connectivity index (χ0v) is 14.1. The van der Waals surface area contributed by atoms with Crippen molar-refractivity contribution in [2.24, 2.45) is 5.92 Å². The number of nitrogens with zero attached hydrogens (tertiary/aromatic N) is 1. The highest BCUT2D eigenvalue weighted by atomic mass is 14.3. The summed E-state index contributed by atoms with van der Waals surface area (Å²) in [5.74, 6) is 0.322. The first kappa shape index (κ1) is 19.5. The Hall–Kier alpha value is -0.510. The Morgan fingerprint density at radius 2 is 1.05 bits per heavy atom. The van der Waals surface area contributed by atoms with E-state index in [0.717, 1.165) is 19.3 Å². The summed E-state index contributed by atoms with van der Waals surface area (Å²) in [5.41, 5.74) is 0. The Morgan fingerprint density at radius 3 is 1.45 bits per heavy atom. The van der Waals surface area contributed by atoms with Crippen LogP contribution < -0.4 is 0 Å². The van der Waals surface area contributed by atoms with E-state index in [9.17, 15) is 0 Å². The molecule has 1 heteroatoms. The van der Waals surface area contributed by atoms with Crippen molar-refractivity contribution < 1.29 is 0 Å². The molecule has 0 amide bonds. The van der Waals surface area contributed by atoms with Gasteiger partial charge in [-0.25, -0.2) is 0 Å². The summed E-state index contributed by atoms with van der Waals surface area (Å²) >= 11 is 0. The van der Waals surface area contributed by atoms with Crippen LogP contribution in [-0.4, -0.2) is 0 Å². The lowest BCUT2D eigenvalue weighted by Gasteiger charge is -2.07. The van der Waals surface area contributed by atoms with E-state index < -0.39 is 0 Å². The first-order valence-corrected chi connectivity index (χ1v) is 9.24. The SMILES string of the molecule is CCCCCCCCCCCCCCC(C#N)CCC. The largest absolute Gasteiger partial charge is 0.198 e. The van der Waals surface area contributed by atoms with Crippen LogP contribution >= 0.6 is 0 Å². The second-order valence-electron chi connectivity index (χ2n) is 6.29. The molecule has 0 bridgehead atoms. The molecular weight excluding hydrogens is 242 g/mol. The van der Waals surface area contributed by atoms with Gasteiger partial charge in [0.05, 0.1) is 6.07 Å². The Morgan fingerprint density at radius 1 is 0.600 bits per heavy atom. The number of rotatable bonds is 15. The van der Waals surface area contributed by atoms with Crippen molar-refractivity contribution in [2.75, 3.05) is 0 Å². The van der Waals surface area contributed by atoms with Crippen LogP contribution in [0.2, 0.25) is 0 Å². The van der Waals surface area contributed by atoms with Gasteiger partial charge in [0, 0.05) is 5.92 Å². The van der Waals surface area contributed by atoms with Gasteiger partial charge >= 0.3 is 0 Å². The van der Waals surface area contributed by atoms with Gasteiger partial charge in [-0.05, 0) is 12.8 Å². The van der Waals surface area contributed by atoms with E-state index in [1.54, 1.807) is 0 Å². The Kier molecular flexibility index (Phi) is 16.1. The highest BCUT2D eigenvalue weighted by Crippen LogP contribution is 2.16. The van der Waals surface area contributed by atoms with Gasteiger partial charge in [-0.1, -0.05) is 97.3 Å². The maximum atomic E-state index is 8.98. The topological polar surface area (TPSA) is 23.8 Å². The predicted molar refractivity (Wildman–Crippen MR) is 89.7 cm³/mol. The Balaban J connectivity index is 3.11. The van der Waals surface area contributed by atoms with Crippen molar-refractivity contribution in [1.82, 2.24) is 0 Å². The van der Waals surface area contributed by atoms with Crippen LogP contribution in [0.1, 0.15) is 110 Å². The molecule has 1 atom stereocenters. The Labute approximate surface area is 128 Å². The van der Waals surface area contributed by atoms with E-state index >= 15 is 0 Å². The van der Waals surface area contributed by atoms with Crippen LogP contribution in [0.25, 0.3) is 0 Å². The molecule has 0 saturated heterocycles. The fourth-order valence-corrected chi connectivity index (χ4v) is 2.85. The third-order valence-electron chi connectivity index (χ3n) is 4.23. The van der Waals surface area contributed by atoms with Gasteiger partial charge < -0.3 is 0 Å². The van der Waals surface area contributed by atoms with Crippen LogP contribution in [0.4, 0.5) is 0 Å². The van der Waals surface area contributed by atoms with Gasteiger partial charge in [-0.3, -0.25) is 0 Å². The molecule has 0 radical (unpaired) electrons. The van der Waals surface area contributed by atoms with Crippen LogP contribution in [0.15, 0.2) is 0 Å². The highest BCUT2D eigenvalue weighted by molar-refractivity contribution is 4.81. The van der Waals surface area contributed by atoms with E-state index in [2.05, 4.69) is 19.9 Å². The molecule has 0 aliphatic heterocycles. The maximum absolute atomic E-state index is 8.98. The first-order valence-electron chi connectivity index (χ1n) is 9.24. The minimum Gasteiger partial charge on any atom is -0.198 e. The van der Waals surface area contributed by atoms with Gasteiger partial charge in [0.1, 0.15) is 0 Å². The van der Waals surface area contributed by atoms with Gasteiger partial charge in [-0.2, -0.15) is 5.26 Å². The van der Waals surface area contributed by atoms with Crippen molar-refractivity contribution in [3.05, 3.63) is 0 Å². The van der Waals surface area contributed by atoms with Gasteiger partial charge in [0.2, 0.25) is 0 Å². The molecular formula is C19H37N. The van der Waals surface area contributed by atoms with Crippen molar-refractivity contribution in [3.8, 4) is 6.07 Å². The molecule has 0 aromatic carbocycles. The zero-order valence-electron chi connectivity index (χ0n) is 14.1. The van der Waals surface area contributed by atoms with Crippen LogP contribution in [0.5, 0.6) is 0 Å². The normalized spacial score (nSPS) is 12.2. The summed E-state index contributed by atoms with van der Waals surface area (Å²) in [5, 5.41) is 8.98. The molecule has 0 rings (SSSR count). The second kappa shape index (κ2) is 16.5. The molecule has 0 heterocycles. The van der Waals surface area contributed by atoms with Crippen molar-refractivity contribution in [3.63, 3.8) is 0 Å². The maximum Gasteiger partial charge on any atom is 0.0655 e. The zero-order chi connectivity index (χ0) is 14.9. The summed E-state index contributed by atoms with van der Waals surface area (Å²) in [4.78, 5) is 0. The van der Waals surface area contributed by atoms with E-state index in [0.29, 0.717) is 5.92 Å². The standard InChI is InChI=1S/C19H37N/c1-3-5-6-7-8-9-10-11-12-13-14-15-17-19(18-20)16-4-2/h19H,3-17H2,1-2H3. The average molecular weight is 280 g/mol. The summed E-state index contributed by atoms with van der Waals surface area (Å²) in [6, 6.07) is 2.44. The third-order valence-corrected chi connectivity index (χ3v) is 4.23. The molecule has 118 valence electrons.